The molecule has 0 spiro atoms. The largest absolute Gasteiger partial charge is 0.479 e. The molecule has 1 saturated carbocycles. The van der Waals surface area contributed by atoms with Gasteiger partial charge in [0.1, 0.15) is 6.61 Å². The van der Waals surface area contributed by atoms with Gasteiger partial charge in [-0.05, 0) is 12.3 Å². The van der Waals surface area contributed by atoms with Gasteiger partial charge < -0.3 is 15.2 Å². The molecule has 14 heavy (non-hydrogen) atoms. The van der Waals surface area contributed by atoms with E-state index in [9.17, 15) is 9.59 Å². The molecule has 1 aliphatic carbocycles. The molecule has 1 amide bonds. The first-order valence-electron chi connectivity index (χ1n) is 4.74. The predicted molar refractivity (Wildman–Crippen MR) is 46.7 cm³/mol. The van der Waals surface area contributed by atoms with Crippen molar-refractivity contribution in [1.82, 2.24) is 5.32 Å². The molecule has 0 aromatic heterocycles. The highest BCUT2D eigenvalue weighted by Crippen LogP contribution is 2.37. The third-order valence-corrected chi connectivity index (χ3v) is 2.70. The van der Waals surface area contributed by atoms with E-state index >= 15 is 0 Å². The highest BCUT2D eigenvalue weighted by Gasteiger charge is 2.46. The Labute approximate surface area is 81.4 Å². The molecule has 2 N–H and O–H groups in total. The zero-order chi connectivity index (χ0) is 10.2. The molecule has 78 valence electrons. The van der Waals surface area contributed by atoms with Gasteiger partial charge in [-0.15, -0.1) is 0 Å². The van der Waals surface area contributed by atoms with E-state index in [2.05, 4.69) is 5.32 Å². The molecule has 0 aromatic carbocycles. The van der Waals surface area contributed by atoms with Gasteiger partial charge in [-0.25, -0.2) is 4.79 Å². The van der Waals surface area contributed by atoms with E-state index in [0.29, 0.717) is 12.3 Å². The first kappa shape index (κ1) is 9.45. The van der Waals surface area contributed by atoms with Crippen LogP contribution in [0.3, 0.4) is 0 Å². The quantitative estimate of drug-likeness (QED) is 0.657. The van der Waals surface area contributed by atoms with Crippen LogP contribution in [0, 0.1) is 5.92 Å². The van der Waals surface area contributed by atoms with Gasteiger partial charge in [0.15, 0.2) is 5.54 Å². The van der Waals surface area contributed by atoms with Gasteiger partial charge >= 0.3 is 5.97 Å². The summed E-state index contributed by atoms with van der Waals surface area (Å²) in [7, 11) is 0. The maximum atomic E-state index is 11.1. The lowest BCUT2D eigenvalue weighted by atomic mass is 9.92. The molecule has 2 rings (SSSR count). The lowest BCUT2D eigenvalue weighted by molar-refractivity contribution is -0.158. The van der Waals surface area contributed by atoms with Gasteiger partial charge in [-0.3, -0.25) is 4.79 Å². The number of carbonyl (C=O) groups is 2. The number of morpholine rings is 1. The van der Waals surface area contributed by atoms with E-state index in [0.717, 1.165) is 12.8 Å². The fourth-order valence-corrected chi connectivity index (χ4v) is 1.78. The highest BCUT2D eigenvalue weighted by molar-refractivity contribution is 5.88. The van der Waals surface area contributed by atoms with Crippen LogP contribution in [0.1, 0.15) is 19.3 Å². The Morgan fingerprint density at radius 3 is 2.86 bits per heavy atom. The second-order valence-corrected chi connectivity index (χ2v) is 4.08. The van der Waals surface area contributed by atoms with E-state index in [4.69, 9.17) is 9.84 Å². The fraction of sp³-hybridized carbons (Fsp3) is 0.778. The summed E-state index contributed by atoms with van der Waals surface area (Å²) in [6, 6.07) is 0. The lowest BCUT2D eigenvalue weighted by Gasteiger charge is -2.33. The van der Waals surface area contributed by atoms with E-state index in [-0.39, 0.29) is 19.1 Å². The monoisotopic (exact) mass is 199 g/mol. The van der Waals surface area contributed by atoms with Crippen molar-refractivity contribution < 1.29 is 19.4 Å². The number of carboxylic acids is 1. The maximum absolute atomic E-state index is 11.1. The number of hydrogen-bond acceptors (Lipinski definition) is 3. The van der Waals surface area contributed by atoms with Crippen LogP contribution < -0.4 is 5.32 Å². The summed E-state index contributed by atoms with van der Waals surface area (Å²) >= 11 is 0. The van der Waals surface area contributed by atoms with Gasteiger partial charge in [0.2, 0.25) is 5.91 Å². The maximum Gasteiger partial charge on any atom is 0.331 e. The second-order valence-electron chi connectivity index (χ2n) is 4.08. The zero-order valence-corrected chi connectivity index (χ0v) is 7.78. The van der Waals surface area contributed by atoms with Gasteiger partial charge in [0.25, 0.3) is 0 Å². The first-order valence-corrected chi connectivity index (χ1v) is 4.74. The molecule has 5 heteroatoms. The number of amides is 1. The summed E-state index contributed by atoms with van der Waals surface area (Å²) in [5, 5.41) is 11.6. The molecule has 1 aliphatic heterocycles. The van der Waals surface area contributed by atoms with Gasteiger partial charge in [0.05, 0.1) is 6.61 Å². The minimum absolute atomic E-state index is 0.0281. The summed E-state index contributed by atoms with van der Waals surface area (Å²) in [6.45, 7) is 0.0598. The molecule has 2 fully saturated rings. The molecule has 0 aromatic rings. The number of nitrogens with one attached hydrogen (secondary N) is 1. The number of carboxylic acid groups (broad SMARTS) is 1. The Balaban J connectivity index is 2.10. The third kappa shape index (κ3) is 1.72. The topological polar surface area (TPSA) is 75.6 Å². The number of aliphatic carboxylic acids is 1. The van der Waals surface area contributed by atoms with Crippen LogP contribution in [0.5, 0.6) is 0 Å². The van der Waals surface area contributed by atoms with Crippen LogP contribution in [-0.4, -0.2) is 35.7 Å². The minimum Gasteiger partial charge on any atom is -0.479 e. The predicted octanol–water partition coefficient (Wildman–Crippen LogP) is -0.244. The third-order valence-electron chi connectivity index (χ3n) is 2.70. The summed E-state index contributed by atoms with van der Waals surface area (Å²) in [4.78, 5) is 22.2. The van der Waals surface area contributed by atoms with Gasteiger partial charge in [-0.1, -0.05) is 12.8 Å². The van der Waals surface area contributed by atoms with E-state index in [1.807, 2.05) is 0 Å². The van der Waals surface area contributed by atoms with E-state index in [1.54, 1.807) is 0 Å². The van der Waals surface area contributed by atoms with Crippen LogP contribution in [0.4, 0.5) is 0 Å². The Morgan fingerprint density at radius 1 is 1.64 bits per heavy atom. The van der Waals surface area contributed by atoms with Crippen LogP contribution in [0.2, 0.25) is 0 Å². The number of ether oxygens (including phenoxy) is 1. The van der Waals surface area contributed by atoms with Crippen LogP contribution in [0.15, 0.2) is 0 Å². The molecule has 5 nitrogen and oxygen atoms in total. The standard InChI is InChI=1S/C9H13NO4/c11-7-4-14-5-9(10-7,8(12)13)3-6-1-2-6/h6H,1-5H2,(H,10,11)(H,12,13). The summed E-state index contributed by atoms with van der Waals surface area (Å²) < 4.78 is 4.99. The van der Waals surface area contributed by atoms with E-state index < -0.39 is 11.5 Å². The Bertz CT molecular complexity index is 274. The first-order chi connectivity index (χ1) is 6.62. The SMILES string of the molecule is O=C1COCC(CC2CC2)(C(=O)O)N1. The van der Waals surface area contributed by atoms with Crippen molar-refractivity contribution in [3.8, 4) is 0 Å². The number of rotatable bonds is 3. The number of hydrogen-bond donors (Lipinski definition) is 2. The van der Waals surface area contributed by atoms with Crippen molar-refractivity contribution in [3.63, 3.8) is 0 Å². The molecule has 0 bridgehead atoms. The van der Waals surface area contributed by atoms with Crippen molar-refractivity contribution in [2.75, 3.05) is 13.2 Å². The normalized spacial score (nSPS) is 32.4. The fourth-order valence-electron chi connectivity index (χ4n) is 1.78. The molecule has 2 aliphatic rings. The van der Waals surface area contributed by atoms with E-state index in [1.165, 1.54) is 0 Å². The highest BCUT2D eigenvalue weighted by atomic mass is 16.5. The van der Waals surface area contributed by atoms with Crippen molar-refractivity contribution in [2.24, 2.45) is 5.92 Å². The van der Waals surface area contributed by atoms with Crippen molar-refractivity contribution in [3.05, 3.63) is 0 Å². The van der Waals surface area contributed by atoms with Crippen LogP contribution >= 0.6 is 0 Å². The summed E-state index contributed by atoms with van der Waals surface area (Å²) in [6.07, 6.45) is 2.61. The average molecular weight is 199 g/mol. The smallest absolute Gasteiger partial charge is 0.331 e. The summed E-state index contributed by atoms with van der Waals surface area (Å²) in [5.74, 6) is -0.884. The molecule has 1 saturated heterocycles. The average Bonchev–Trinajstić information content (AvgIpc) is 2.88. The molecule has 1 heterocycles. The Kier molecular flexibility index (Phi) is 2.19. The summed E-state index contributed by atoms with van der Waals surface area (Å²) in [5.41, 5.74) is -1.17. The van der Waals surface area contributed by atoms with Gasteiger partial charge in [-0.2, -0.15) is 0 Å². The van der Waals surface area contributed by atoms with Crippen molar-refractivity contribution in [1.29, 1.82) is 0 Å². The van der Waals surface area contributed by atoms with Gasteiger partial charge in [0, 0.05) is 0 Å². The van der Waals surface area contributed by atoms with Crippen LogP contribution in [-0.2, 0) is 14.3 Å². The molecule has 1 unspecified atom stereocenters. The Morgan fingerprint density at radius 2 is 2.36 bits per heavy atom. The molecular weight excluding hydrogens is 186 g/mol. The Hall–Kier alpha value is -1.10. The molecule has 0 radical (unpaired) electrons. The van der Waals surface area contributed by atoms with Crippen molar-refractivity contribution in [2.45, 2.75) is 24.8 Å². The molecule has 1 atom stereocenters. The number of carbonyl (C=O) groups excluding carboxylic acids is 1. The second kappa shape index (κ2) is 3.24. The molecular formula is C9H13NO4. The zero-order valence-electron chi connectivity index (χ0n) is 7.78. The minimum atomic E-state index is -1.17. The van der Waals surface area contributed by atoms with Crippen LogP contribution in [0.25, 0.3) is 0 Å². The van der Waals surface area contributed by atoms with Crippen molar-refractivity contribution >= 4 is 11.9 Å². The lowest BCUT2D eigenvalue weighted by Crippen LogP contribution is -2.62.